The van der Waals surface area contributed by atoms with Crippen LogP contribution < -0.4 is 5.73 Å². The number of aryl methyl sites for hydroxylation is 1. The number of nitrogens with two attached hydrogens (primary N) is 1. The van der Waals surface area contributed by atoms with E-state index in [1.54, 1.807) is 5.57 Å². The first-order valence-electron chi connectivity index (χ1n) is 6.33. The van der Waals surface area contributed by atoms with Gasteiger partial charge in [-0.2, -0.15) is 0 Å². The van der Waals surface area contributed by atoms with Gasteiger partial charge < -0.3 is 5.73 Å². The maximum Gasteiger partial charge on any atom is 0.0226 e. The Hall–Kier alpha value is -1.08. The Morgan fingerprint density at radius 3 is 2.69 bits per heavy atom. The molecule has 1 aliphatic rings. The summed E-state index contributed by atoms with van der Waals surface area (Å²) in [5, 5.41) is 0. The molecule has 1 atom stereocenters. The van der Waals surface area contributed by atoms with Crippen molar-refractivity contribution in [1.82, 2.24) is 0 Å². The van der Waals surface area contributed by atoms with Crippen molar-refractivity contribution in [2.45, 2.75) is 44.6 Å². The van der Waals surface area contributed by atoms with E-state index in [0.29, 0.717) is 6.04 Å². The fraction of sp³-hybridized carbons (Fsp3) is 0.467. The zero-order chi connectivity index (χ0) is 11.2. The Morgan fingerprint density at radius 1 is 1.06 bits per heavy atom. The third-order valence-electron chi connectivity index (χ3n) is 3.31. The monoisotopic (exact) mass is 215 g/mol. The maximum absolute atomic E-state index is 6.02. The van der Waals surface area contributed by atoms with Crippen molar-refractivity contribution >= 4 is 0 Å². The predicted octanol–water partition coefficient (Wildman–Crippen LogP) is 3.45. The highest BCUT2D eigenvalue weighted by molar-refractivity contribution is 5.17. The molecule has 0 saturated heterocycles. The molecule has 0 aromatic heterocycles. The Labute approximate surface area is 98.4 Å². The van der Waals surface area contributed by atoms with Gasteiger partial charge in [0.05, 0.1) is 0 Å². The summed E-state index contributed by atoms with van der Waals surface area (Å²) in [4.78, 5) is 0. The molecule has 0 radical (unpaired) electrons. The Bertz CT molecular complexity index is 340. The van der Waals surface area contributed by atoms with Gasteiger partial charge in [0.25, 0.3) is 0 Å². The first kappa shape index (κ1) is 11.4. The molecule has 0 spiro atoms. The van der Waals surface area contributed by atoms with E-state index in [0.717, 1.165) is 12.8 Å². The molecule has 0 amide bonds. The third-order valence-corrected chi connectivity index (χ3v) is 3.31. The minimum atomic E-state index is 0.299. The normalized spacial score (nSPS) is 21.3. The number of hydrogen-bond donors (Lipinski definition) is 1. The molecule has 0 saturated carbocycles. The van der Waals surface area contributed by atoms with Crippen molar-refractivity contribution in [3.8, 4) is 0 Å². The van der Waals surface area contributed by atoms with Gasteiger partial charge in [-0.05, 0) is 37.7 Å². The van der Waals surface area contributed by atoms with Crippen molar-refractivity contribution in [3.63, 3.8) is 0 Å². The molecule has 0 bridgehead atoms. The van der Waals surface area contributed by atoms with Crippen molar-refractivity contribution < 1.29 is 0 Å². The van der Waals surface area contributed by atoms with E-state index in [1.807, 2.05) is 0 Å². The quantitative estimate of drug-likeness (QED) is 0.768. The van der Waals surface area contributed by atoms with Gasteiger partial charge in [0.2, 0.25) is 0 Å². The van der Waals surface area contributed by atoms with Crippen LogP contribution in [-0.2, 0) is 6.42 Å². The predicted molar refractivity (Wildman–Crippen MR) is 69.3 cm³/mol. The minimum absolute atomic E-state index is 0.299. The average molecular weight is 215 g/mol. The molecule has 86 valence electrons. The van der Waals surface area contributed by atoms with Crippen molar-refractivity contribution in [2.24, 2.45) is 5.73 Å². The van der Waals surface area contributed by atoms with Gasteiger partial charge in [-0.25, -0.2) is 0 Å². The van der Waals surface area contributed by atoms with Gasteiger partial charge in [0.1, 0.15) is 0 Å². The van der Waals surface area contributed by atoms with Crippen LogP contribution in [0.3, 0.4) is 0 Å². The molecule has 1 unspecified atom stereocenters. The largest absolute Gasteiger partial charge is 0.324 e. The Balaban J connectivity index is 1.89. The molecule has 2 rings (SSSR count). The van der Waals surface area contributed by atoms with Gasteiger partial charge >= 0.3 is 0 Å². The zero-order valence-electron chi connectivity index (χ0n) is 9.86. The number of benzene rings is 1. The number of rotatable bonds is 3. The van der Waals surface area contributed by atoms with Gasteiger partial charge in [-0.1, -0.05) is 48.4 Å². The van der Waals surface area contributed by atoms with E-state index in [-0.39, 0.29) is 0 Å². The Kier molecular flexibility index (Phi) is 4.17. The summed E-state index contributed by atoms with van der Waals surface area (Å²) in [6.45, 7) is 0. The van der Waals surface area contributed by atoms with Crippen LogP contribution in [0.1, 0.15) is 37.7 Å². The van der Waals surface area contributed by atoms with E-state index < -0.39 is 0 Å². The van der Waals surface area contributed by atoms with Crippen LogP contribution in [0.25, 0.3) is 0 Å². The van der Waals surface area contributed by atoms with E-state index in [1.165, 1.54) is 31.2 Å². The maximum atomic E-state index is 6.02. The van der Waals surface area contributed by atoms with Gasteiger partial charge in [0, 0.05) is 6.04 Å². The van der Waals surface area contributed by atoms with E-state index in [2.05, 4.69) is 36.4 Å². The molecular weight excluding hydrogens is 194 g/mol. The van der Waals surface area contributed by atoms with Gasteiger partial charge in [-0.15, -0.1) is 0 Å². The number of allylic oxidation sites excluding steroid dienone is 1. The fourth-order valence-corrected chi connectivity index (χ4v) is 2.36. The topological polar surface area (TPSA) is 26.0 Å². The SMILES string of the molecule is NC1C=C(CCc2ccccc2)CCCC1. The van der Waals surface area contributed by atoms with E-state index in [4.69, 9.17) is 5.73 Å². The first-order valence-corrected chi connectivity index (χ1v) is 6.33. The fourth-order valence-electron chi connectivity index (χ4n) is 2.36. The lowest BCUT2D eigenvalue weighted by atomic mass is 10.0. The van der Waals surface area contributed by atoms with E-state index in [9.17, 15) is 0 Å². The summed E-state index contributed by atoms with van der Waals surface area (Å²) in [5.74, 6) is 0. The molecule has 1 aliphatic carbocycles. The van der Waals surface area contributed by atoms with Crippen molar-refractivity contribution in [1.29, 1.82) is 0 Å². The highest BCUT2D eigenvalue weighted by Gasteiger charge is 2.08. The van der Waals surface area contributed by atoms with Crippen molar-refractivity contribution in [3.05, 3.63) is 47.5 Å². The lowest BCUT2D eigenvalue weighted by Gasteiger charge is -2.06. The van der Waals surface area contributed by atoms with Crippen LogP contribution in [-0.4, -0.2) is 6.04 Å². The van der Waals surface area contributed by atoms with Crippen LogP contribution in [0.2, 0.25) is 0 Å². The lowest BCUT2D eigenvalue weighted by Crippen LogP contribution is -2.15. The summed E-state index contributed by atoms with van der Waals surface area (Å²) in [6.07, 6.45) is 9.64. The molecule has 0 heterocycles. The van der Waals surface area contributed by atoms with E-state index >= 15 is 0 Å². The highest BCUT2D eigenvalue weighted by Crippen LogP contribution is 2.20. The van der Waals surface area contributed by atoms with Crippen LogP contribution in [0.4, 0.5) is 0 Å². The second kappa shape index (κ2) is 5.86. The van der Waals surface area contributed by atoms with Crippen LogP contribution in [0, 0.1) is 0 Å². The van der Waals surface area contributed by atoms with Gasteiger partial charge in [-0.3, -0.25) is 0 Å². The van der Waals surface area contributed by atoms with Crippen LogP contribution in [0.15, 0.2) is 42.0 Å². The first-order chi connectivity index (χ1) is 7.84. The summed E-state index contributed by atoms with van der Waals surface area (Å²) in [5.41, 5.74) is 9.01. The molecular formula is C15H21N. The molecule has 1 aromatic carbocycles. The summed E-state index contributed by atoms with van der Waals surface area (Å²) >= 11 is 0. The standard InChI is InChI=1S/C15H21N/c16-15-9-5-4-8-14(12-15)11-10-13-6-2-1-3-7-13/h1-3,6-7,12,15H,4-5,8-11,16H2. The Morgan fingerprint density at radius 2 is 1.88 bits per heavy atom. The summed E-state index contributed by atoms with van der Waals surface area (Å²) in [6, 6.07) is 11.0. The molecule has 1 heteroatoms. The smallest absolute Gasteiger partial charge is 0.0226 e. The summed E-state index contributed by atoms with van der Waals surface area (Å²) in [7, 11) is 0. The average Bonchev–Trinajstić information content (AvgIpc) is 2.52. The van der Waals surface area contributed by atoms with Crippen LogP contribution in [0.5, 0.6) is 0 Å². The lowest BCUT2D eigenvalue weighted by molar-refractivity contribution is 0.653. The molecule has 16 heavy (non-hydrogen) atoms. The third kappa shape index (κ3) is 3.49. The zero-order valence-corrected chi connectivity index (χ0v) is 9.86. The molecule has 0 fully saturated rings. The van der Waals surface area contributed by atoms with Crippen molar-refractivity contribution in [2.75, 3.05) is 0 Å². The molecule has 2 N–H and O–H groups in total. The number of hydrogen-bond acceptors (Lipinski definition) is 1. The van der Waals surface area contributed by atoms with Crippen LogP contribution >= 0.6 is 0 Å². The molecule has 1 aromatic rings. The minimum Gasteiger partial charge on any atom is -0.324 e. The summed E-state index contributed by atoms with van der Waals surface area (Å²) < 4.78 is 0. The second-order valence-electron chi connectivity index (χ2n) is 4.72. The highest BCUT2D eigenvalue weighted by atomic mass is 14.6. The van der Waals surface area contributed by atoms with Gasteiger partial charge in [0.15, 0.2) is 0 Å². The molecule has 1 nitrogen and oxygen atoms in total. The second-order valence-corrected chi connectivity index (χ2v) is 4.72. The molecule has 0 aliphatic heterocycles.